The molecule has 1 aromatic heterocycles. The van der Waals surface area contributed by atoms with Gasteiger partial charge >= 0.3 is 0 Å². The molecule has 2 aromatic carbocycles. The Balaban J connectivity index is 2.15. The van der Waals surface area contributed by atoms with Crippen molar-refractivity contribution < 1.29 is 4.74 Å². The average molecular weight is 299 g/mol. The van der Waals surface area contributed by atoms with Crippen LogP contribution in [0.1, 0.15) is 11.3 Å². The highest BCUT2D eigenvalue weighted by molar-refractivity contribution is 6.32. The first-order valence-electron chi connectivity index (χ1n) is 6.64. The Morgan fingerprint density at radius 2 is 1.81 bits per heavy atom. The van der Waals surface area contributed by atoms with Crippen LogP contribution in [-0.2, 0) is 0 Å². The van der Waals surface area contributed by atoms with Gasteiger partial charge in [0.25, 0.3) is 0 Å². The molecule has 3 rings (SSSR count). The smallest absolute Gasteiger partial charge is 0.146 e. The lowest BCUT2D eigenvalue weighted by Gasteiger charge is -2.12. The molecule has 0 radical (unpaired) electrons. The number of hydrogen-bond acceptors (Lipinski definition) is 3. The van der Waals surface area contributed by atoms with Crippen molar-refractivity contribution in [1.82, 2.24) is 4.98 Å². The Kier molecular flexibility index (Phi) is 3.43. The van der Waals surface area contributed by atoms with Gasteiger partial charge in [-0.1, -0.05) is 17.7 Å². The Morgan fingerprint density at radius 1 is 1.00 bits per heavy atom. The van der Waals surface area contributed by atoms with Crippen LogP contribution in [0.4, 0.5) is 5.69 Å². The first-order chi connectivity index (χ1) is 10.0. The molecule has 0 aliphatic carbocycles. The third-order valence-corrected chi connectivity index (χ3v) is 3.54. The number of pyridine rings is 1. The predicted molar refractivity (Wildman–Crippen MR) is 87.2 cm³/mol. The fourth-order valence-corrected chi connectivity index (χ4v) is 2.39. The molecule has 0 spiro atoms. The summed E-state index contributed by atoms with van der Waals surface area (Å²) in [6.07, 6.45) is 0. The number of fused-ring (bicyclic) bond motifs is 1. The van der Waals surface area contributed by atoms with Gasteiger partial charge < -0.3 is 10.5 Å². The lowest BCUT2D eigenvalue weighted by molar-refractivity contribution is 0.487. The van der Waals surface area contributed by atoms with Gasteiger partial charge in [0.05, 0.1) is 10.5 Å². The fourth-order valence-electron chi connectivity index (χ4n) is 2.23. The first-order valence-corrected chi connectivity index (χ1v) is 7.01. The minimum atomic E-state index is 0.576. The number of halogens is 1. The molecule has 2 N–H and O–H groups in total. The van der Waals surface area contributed by atoms with Crippen LogP contribution >= 0.6 is 11.6 Å². The van der Waals surface area contributed by atoms with Crippen molar-refractivity contribution >= 4 is 28.2 Å². The number of ether oxygens (including phenoxy) is 1. The van der Waals surface area contributed by atoms with Crippen molar-refractivity contribution in [2.45, 2.75) is 13.8 Å². The normalized spacial score (nSPS) is 10.8. The van der Waals surface area contributed by atoms with Gasteiger partial charge in [-0.2, -0.15) is 0 Å². The molecule has 3 nitrogen and oxygen atoms in total. The quantitative estimate of drug-likeness (QED) is 0.686. The van der Waals surface area contributed by atoms with Crippen molar-refractivity contribution in [2.75, 3.05) is 5.73 Å². The van der Waals surface area contributed by atoms with E-state index in [4.69, 9.17) is 22.1 Å². The van der Waals surface area contributed by atoms with E-state index in [9.17, 15) is 0 Å². The highest BCUT2D eigenvalue weighted by Gasteiger charge is 2.09. The number of benzene rings is 2. The summed E-state index contributed by atoms with van der Waals surface area (Å²) in [5.41, 5.74) is 9.36. The first kappa shape index (κ1) is 13.7. The van der Waals surface area contributed by atoms with E-state index in [1.807, 2.05) is 56.3 Å². The number of nitrogens with two attached hydrogens (primary N) is 1. The van der Waals surface area contributed by atoms with E-state index >= 15 is 0 Å². The van der Waals surface area contributed by atoms with Crippen LogP contribution in [0.15, 0.2) is 42.5 Å². The van der Waals surface area contributed by atoms with Crippen LogP contribution in [0.2, 0.25) is 5.02 Å². The molecule has 1 heterocycles. The Bertz CT molecular complexity index is 830. The van der Waals surface area contributed by atoms with Gasteiger partial charge in [-0.25, -0.2) is 0 Å². The second kappa shape index (κ2) is 5.26. The van der Waals surface area contributed by atoms with Crippen molar-refractivity contribution in [2.24, 2.45) is 0 Å². The third kappa shape index (κ3) is 2.78. The summed E-state index contributed by atoms with van der Waals surface area (Å²) >= 11 is 6.20. The van der Waals surface area contributed by atoms with Crippen LogP contribution in [-0.4, -0.2) is 4.98 Å². The molecule has 3 aromatic rings. The van der Waals surface area contributed by atoms with Gasteiger partial charge in [-0.05, 0) is 49.7 Å². The van der Waals surface area contributed by atoms with Gasteiger partial charge in [0.2, 0.25) is 0 Å². The van der Waals surface area contributed by atoms with Crippen molar-refractivity contribution in [3.63, 3.8) is 0 Å². The number of nitrogen functional groups attached to an aromatic ring is 1. The molecule has 0 aliphatic heterocycles. The van der Waals surface area contributed by atoms with Crippen LogP contribution in [0.3, 0.4) is 0 Å². The summed E-state index contributed by atoms with van der Waals surface area (Å²) in [4.78, 5) is 4.49. The molecule has 0 aliphatic rings. The summed E-state index contributed by atoms with van der Waals surface area (Å²) in [5.74, 6) is 1.34. The number of aromatic nitrogens is 1. The van der Waals surface area contributed by atoms with E-state index in [-0.39, 0.29) is 0 Å². The SMILES string of the molecule is Cc1ccc(Cl)c(Oc2cc(C)nc3ccc(N)cc23)c1. The molecule has 0 saturated heterocycles. The number of nitrogens with zero attached hydrogens (tertiary/aromatic N) is 1. The molecule has 0 unspecified atom stereocenters. The van der Waals surface area contributed by atoms with Crippen molar-refractivity contribution in [1.29, 1.82) is 0 Å². The molecule has 0 bridgehead atoms. The molecule has 0 amide bonds. The number of aryl methyl sites for hydroxylation is 2. The monoisotopic (exact) mass is 298 g/mol. The van der Waals surface area contributed by atoms with Gasteiger partial charge in [0.15, 0.2) is 0 Å². The number of rotatable bonds is 2. The van der Waals surface area contributed by atoms with Gasteiger partial charge in [0.1, 0.15) is 11.5 Å². The number of hydrogen-bond donors (Lipinski definition) is 1. The Hall–Kier alpha value is -2.26. The van der Waals surface area contributed by atoms with E-state index in [1.165, 1.54) is 0 Å². The predicted octanol–water partition coefficient (Wildman–Crippen LogP) is 4.88. The topological polar surface area (TPSA) is 48.1 Å². The second-order valence-electron chi connectivity index (χ2n) is 5.07. The second-order valence-corrected chi connectivity index (χ2v) is 5.48. The summed E-state index contributed by atoms with van der Waals surface area (Å²) in [6, 6.07) is 13.2. The minimum Gasteiger partial charge on any atom is -0.455 e. The summed E-state index contributed by atoms with van der Waals surface area (Å²) in [5, 5.41) is 1.45. The van der Waals surface area contributed by atoms with Gasteiger partial charge in [-0.15, -0.1) is 0 Å². The van der Waals surface area contributed by atoms with Crippen LogP contribution in [0.5, 0.6) is 11.5 Å². The van der Waals surface area contributed by atoms with Gasteiger partial charge in [-0.3, -0.25) is 4.98 Å². The highest BCUT2D eigenvalue weighted by Crippen LogP contribution is 2.35. The Morgan fingerprint density at radius 3 is 2.62 bits per heavy atom. The lowest BCUT2D eigenvalue weighted by Crippen LogP contribution is -1.93. The Labute approximate surface area is 128 Å². The van der Waals surface area contributed by atoms with E-state index in [2.05, 4.69) is 4.98 Å². The van der Waals surface area contributed by atoms with Crippen molar-refractivity contribution in [3.8, 4) is 11.5 Å². The van der Waals surface area contributed by atoms with Crippen LogP contribution < -0.4 is 10.5 Å². The summed E-state index contributed by atoms with van der Waals surface area (Å²) < 4.78 is 6.01. The molecule has 0 saturated carbocycles. The zero-order chi connectivity index (χ0) is 15.0. The van der Waals surface area contributed by atoms with Crippen LogP contribution in [0, 0.1) is 13.8 Å². The van der Waals surface area contributed by atoms with E-state index in [0.717, 1.165) is 22.2 Å². The molecule has 106 valence electrons. The average Bonchev–Trinajstić information content (AvgIpc) is 2.43. The molecular weight excluding hydrogens is 284 g/mol. The third-order valence-electron chi connectivity index (χ3n) is 3.23. The molecular formula is C17H15ClN2O. The molecule has 4 heteroatoms. The van der Waals surface area contributed by atoms with Crippen LogP contribution in [0.25, 0.3) is 10.9 Å². The minimum absolute atomic E-state index is 0.576. The molecule has 21 heavy (non-hydrogen) atoms. The fraction of sp³-hybridized carbons (Fsp3) is 0.118. The standard InChI is InChI=1S/C17H15ClN2O/c1-10-3-5-14(18)17(7-10)21-16-8-11(2)20-15-6-4-12(19)9-13(15)16/h3-9H,19H2,1-2H3. The van der Waals surface area contributed by atoms with E-state index in [0.29, 0.717) is 22.2 Å². The van der Waals surface area contributed by atoms with E-state index in [1.54, 1.807) is 0 Å². The largest absolute Gasteiger partial charge is 0.455 e. The molecule has 0 fully saturated rings. The summed E-state index contributed by atoms with van der Waals surface area (Å²) in [6.45, 7) is 3.93. The number of anilines is 1. The summed E-state index contributed by atoms with van der Waals surface area (Å²) in [7, 11) is 0. The zero-order valence-corrected chi connectivity index (χ0v) is 12.6. The maximum Gasteiger partial charge on any atom is 0.146 e. The molecule has 0 atom stereocenters. The maximum absolute atomic E-state index is 6.20. The lowest BCUT2D eigenvalue weighted by atomic mass is 10.1. The maximum atomic E-state index is 6.20. The van der Waals surface area contributed by atoms with E-state index < -0.39 is 0 Å². The highest BCUT2D eigenvalue weighted by atomic mass is 35.5. The van der Waals surface area contributed by atoms with Gasteiger partial charge in [0, 0.05) is 22.8 Å². The van der Waals surface area contributed by atoms with Crippen molar-refractivity contribution in [3.05, 3.63) is 58.7 Å². The zero-order valence-electron chi connectivity index (χ0n) is 11.9.